The number of nitrogens with zero attached hydrogens (tertiary/aromatic N) is 3. The number of azo groups is 1. The SMILES string of the molecule is C=N[C@H](C)N=NCCC. The van der Waals surface area contributed by atoms with Crippen LogP contribution in [0.15, 0.2) is 15.2 Å². The highest BCUT2D eigenvalue weighted by Crippen LogP contribution is 1.90. The molecule has 0 rings (SSSR count). The van der Waals surface area contributed by atoms with Crippen molar-refractivity contribution >= 4 is 6.72 Å². The Morgan fingerprint density at radius 2 is 2.22 bits per heavy atom. The zero-order valence-corrected chi connectivity index (χ0v) is 6.04. The van der Waals surface area contributed by atoms with Gasteiger partial charge in [0.25, 0.3) is 0 Å². The van der Waals surface area contributed by atoms with Crippen LogP contribution in [0.5, 0.6) is 0 Å². The van der Waals surface area contributed by atoms with Crippen LogP contribution >= 0.6 is 0 Å². The molecule has 0 aromatic rings. The standard InChI is InChI=1S/C6H13N3/c1-4-5-8-9-6(2)7-3/h6H,3-5H2,1-2H3/t6-/m0/s1. The van der Waals surface area contributed by atoms with E-state index in [1.807, 2.05) is 6.92 Å². The van der Waals surface area contributed by atoms with Crippen molar-refractivity contribution in [3.63, 3.8) is 0 Å². The maximum Gasteiger partial charge on any atom is 0.156 e. The van der Waals surface area contributed by atoms with E-state index in [4.69, 9.17) is 0 Å². The average Bonchev–Trinajstić information content (AvgIpc) is 1.89. The highest BCUT2D eigenvalue weighted by atomic mass is 15.2. The maximum atomic E-state index is 3.85. The maximum absolute atomic E-state index is 3.85. The van der Waals surface area contributed by atoms with Gasteiger partial charge in [0.1, 0.15) is 0 Å². The van der Waals surface area contributed by atoms with Crippen LogP contribution in [-0.4, -0.2) is 19.4 Å². The summed E-state index contributed by atoms with van der Waals surface area (Å²) in [7, 11) is 0. The molecule has 0 heterocycles. The Kier molecular flexibility index (Phi) is 4.97. The molecule has 0 N–H and O–H groups in total. The lowest BCUT2D eigenvalue weighted by atomic mass is 10.5. The lowest BCUT2D eigenvalue weighted by Gasteiger charge is -1.92. The summed E-state index contributed by atoms with van der Waals surface area (Å²) in [5, 5.41) is 7.68. The molecular formula is C6H13N3. The molecule has 0 spiro atoms. The summed E-state index contributed by atoms with van der Waals surface area (Å²) >= 11 is 0. The first-order valence-corrected chi connectivity index (χ1v) is 3.13. The lowest BCUT2D eigenvalue weighted by Crippen LogP contribution is -1.88. The third-order valence-corrected chi connectivity index (χ3v) is 0.837. The predicted molar refractivity (Wildman–Crippen MR) is 39.0 cm³/mol. The Labute approximate surface area is 55.9 Å². The van der Waals surface area contributed by atoms with Crippen molar-refractivity contribution in [3.8, 4) is 0 Å². The lowest BCUT2D eigenvalue weighted by molar-refractivity contribution is 0.706. The Hall–Kier alpha value is -0.730. The number of hydrogen-bond donors (Lipinski definition) is 0. The summed E-state index contributed by atoms with van der Waals surface area (Å²) in [4.78, 5) is 3.65. The van der Waals surface area contributed by atoms with Crippen LogP contribution in [0.3, 0.4) is 0 Å². The summed E-state index contributed by atoms with van der Waals surface area (Å²) in [6, 6.07) is 0. The molecule has 0 aliphatic rings. The van der Waals surface area contributed by atoms with E-state index in [9.17, 15) is 0 Å². The number of rotatable bonds is 4. The van der Waals surface area contributed by atoms with Crippen LogP contribution in [0.1, 0.15) is 20.3 Å². The summed E-state index contributed by atoms with van der Waals surface area (Å²) < 4.78 is 0. The summed E-state index contributed by atoms with van der Waals surface area (Å²) in [5.41, 5.74) is 0. The molecule has 0 radical (unpaired) electrons. The fraction of sp³-hybridized carbons (Fsp3) is 0.833. The summed E-state index contributed by atoms with van der Waals surface area (Å²) in [5.74, 6) is 0. The first-order chi connectivity index (χ1) is 4.31. The Balaban J connectivity index is 3.31. The molecule has 0 saturated heterocycles. The molecule has 0 aromatic heterocycles. The Morgan fingerprint density at radius 1 is 1.56 bits per heavy atom. The topological polar surface area (TPSA) is 37.1 Å². The van der Waals surface area contributed by atoms with Crippen molar-refractivity contribution in [2.75, 3.05) is 6.54 Å². The summed E-state index contributed by atoms with van der Waals surface area (Å²) in [6.45, 7) is 8.04. The highest BCUT2D eigenvalue weighted by Gasteiger charge is 1.86. The Morgan fingerprint density at radius 3 is 2.67 bits per heavy atom. The van der Waals surface area contributed by atoms with E-state index in [0.717, 1.165) is 13.0 Å². The molecule has 0 aromatic carbocycles. The van der Waals surface area contributed by atoms with Crippen molar-refractivity contribution in [2.24, 2.45) is 15.2 Å². The Bertz CT molecular complexity index is 98.5. The van der Waals surface area contributed by atoms with Crippen LogP contribution in [0.4, 0.5) is 0 Å². The molecule has 0 fully saturated rings. The fourth-order valence-electron chi connectivity index (χ4n) is 0.312. The molecule has 0 amide bonds. The first-order valence-electron chi connectivity index (χ1n) is 3.13. The van der Waals surface area contributed by atoms with E-state index in [1.165, 1.54) is 0 Å². The van der Waals surface area contributed by atoms with Gasteiger partial charge in [-0.3, -0.25) is 4.99 Å². The second-order valence-electron chi connectivity index (χ2n) is 1.79. The second-order valence-corrected chi connectivity index (χ2v) is 1.79. The quantitative estimate of drug-likeness (QED) is 0.408. The van der Waals surface area contributed by atoms with E-state index >= 15 is 0 Å². The van der Waals surface area contributed by atoms with Crippen molar-refractivity contribution in [3.05, 3.63) is 0 Å². The van der Waals surface area contributed by atoms with Gasteiger partial charge in [-0.2, -0.15) is 10.2 Å². The molecule has 3 heteroatoms. The molecule has 52 valence electrons. The van der Waals surface area contributed by atoms with E-state index in [0.29, 0.717) is 0 Å². The molecule has 0 saturated carbocycles. The van der Waals surface area contributed by atoms with Crippen LogP contribution < -0.4 is 0 Å². The second kappa shape index (κ2) is 5.41. The molecule has 0 bridgehead atoms. The van der Waals surface area contributed by atoms with Crippen molar-refractivity contribution in [2.45, 2.75) is 26.4 Å². The van der Waals surface area contributed by atoms with E-state index < -0.39 is 0 Å². The van der Waals surface area contributed by atoms with Gasteiger partial charge in [0.15, 0.2) is 6.17 Å². The van der Waals surface area contributed by atoms with E-state index in [-0.39, 0.29) is 6.17 Å². The number of hydrogen-bond acceptors (Lipinski definition) is 3. The van der Waals surface area contributed by atoms with Crippen LogP contribution in [-0.2, 0) is 0 Å². The third kappa shape index (κ3) is 5.14. The molecular weight excluding hydrogens is 114 g/mol. The largest absolute Gasteiger partial charge is 0.273 e. The van der Waals surface area contributed by atoms with E-state index in [1.54, 1.807) is 0 Å². The average molecular weight is 127 g/mol. The van der Waals surface area contributed by atoms with Gasteiger partial charge in [-0.25, -0.2) is 0 Å². The minimum absolute atomic E-state index is 0.0726. The van der Waals surface area contributed by atoms with Crippen LogP contribution in [0.2, 0.25) is 0 Å². The molecule has 3 nitrogen and oxygen atoms in total. The number of aliphatic imine (C=N–C) groups is 1. The van der Waals surface area contributed by atoms with Gasteiger partial charge in [-0.1, -0.05) is 6.92 Å². The molecule has 1 atom stereocenters. The van der Waals surface area contributed by atoms with Gasteiger partial charge in [-0.15, -0.1) is 0 Å². The smallest absolute Gasteiger partial charge is 0.156 e. The normalized spacial score (nSPS) is 14.0. The fourth-order valence-corrected chi connectivity index (χ4v) is 0.312. The zero-order chi connectivity index (χ0) is 7.11. The highest BCUT2D eigenvalue weighted by molar-refractivity contribution is 5.23. The minimum atomic E-state index is -0.0726. The van der Waals surface area contributed by atoms with Gasteiger partial charge < -0.3 is 0 Å². The van der Waals surface area contributed by atoms with Gasteiger partial charge in [-0.05, 0) is 20.1 Å². The summed E-state index contributed by atoms with van der Waals surface area (Å²) in [6.07, 6.45) is 0.962. The van der Waals surface area contributed by atoms with Gasteiger partial charge in [0.05, 0.1) is 6.54 Å². The monoisotopic (exact) mass is 127 g/mol. The van der Waals surface area contributed by atoms with Gasteiger partial charge >= 0.3 is 0 Å². The molecule has 0 aliphatic carbocycles. The van der Waals surface area contributed by atoms with Crippen molar-refractivity contribution < 1.29 is 0 Å². The molecule has 0 aliphatic heterocycles. The molecule has 0 unspecified atom stereocenters. The van der Waals surface area contributed by atoms with Crippen LogP contribution in [0, 0.1) is 0 Å². The molecule has 9 heavy (non-hydrogen) atoms. The van der Waals surface area contributed by atoms with Gasteiger partial charge in [0.2, 0.25) is 0 Å². The van der Waals surface area contributed by atoms with Crippen LogP contribution in [0.25, 0.3) is 0 Å². The van der Waals surface area contributed by atoms with Crippen molar-refractivity contribution in [1.82, 2.24) is 0 Å². The van der Waals surface area contributed by atoms with Crippen molar-refractivity contribution in [1.29, 1.82) is 0 Å². The van der Waals surface area contributed by atoms with E-state index in [2.05, 4.69) is 28.9 Å². The van der Waals surface area contributed by atoms with Gasteiger partial charge in [0, 0.05) is 0 Å². The zero-order valence-electron chi connectivity index (χ0n) is 6.04. The third-order valence-electron chi connectivity index (χ3n) is 0.837. The first kappa shape index (κ1) is 8.27. The minimum Gasteiger partial charge on any atom is -0.273 e. The predicted octanol–water partition coefficient (Wildman–Crippen LogP) is 1.90.